The monoisotopic (exact) mass is 1850 g/mol. The summed E-state index contributed by atoms with van der Waals surface area (Å²) in [5.74, 6) is -16.7. The number of urea groups is 1. The van der Waals surface area contributed by atoms with Crippen molar-refractivity contribution in [3.63, 3.8) is 0 Å². The zero-order chi connectivity index (χ0) is 94.0. The van der Waals surface area contributed by atoms with Crippen LogP contribution in [0.4, 0.5) is 4.79 Å². The topological polar surface area (TPSA) is 639 Å². The van der Waals surface area contributed by atoms with E-state index in [4.69, 9.17) is 15.6 Å². The number of fused-ring (bicyclic) bond motifs is 5. The minimum atomic E-state index is -2.48. The number of carbonyl (C=O) groups is 17. The highest BCUT2D eigenvalue weighted by atomic mass is 33.1. The summed E-state index contributed by atoms with van der Waals surface area (Å²) in [4.78, 5) is 233. The van der Waals surface area contributed by atoms with Gasteiger partial charge in [0.15, 0.2) is 11.9 Å². The molecule has 41 nitrogen and oxygen atoms in total. The van der Waals surface area contributed by atoms with Gasteiger partial charge < -0.3 is 115 Å². The Morgan fingerprint density at radius 1 is 0.688 bits per heavy atom. The number of unbranched alkanes of at least 4 members (excludes halogenated alkanes) is 4. The summed E-state index contributed by atoms with van der Waals surface area (Å²) in [6.45, 7) is 6.07. The van der Waals surface area contributed by atoms with E-state index in [0.29, 0.717) is 62.9 Å². The van der Waals surface area contributed by atoms with Gasteiger partial charge >= 0.3 is 23.9 Å². The zero-order valence-corrected chi connectivity index (χ0v) is 74.3. The van der Waals surface area contributed by atoms with Crippen LogP contribution in [0.3, 0.4) is 0 Å². The highest BCUT2D eigenvalue weighted by Crippen LogP contribution is 2.39. The van der Waals surface area contributed by atoms with Gasteiger partial charge in [-0.1, -0.05) is 129 Å². The molecule has 14 amide bonds. The Kier molecular flexibility index (Phi) is 41.4. The number of nitrogens with one attached hydrogen (secondary N) is 14. The first kappa shape index (κ1) is 104. The van der Waals surface area contributed by atoms with Crippen molar-refractivity contribution >= 4 is 144 Å². The number of aliphatic hydroxyl groups excluding tert-OH is 3. The molecule has 4 heterocycles. The first-order valence-corrected chi connectivity index (χ1v) is 46.0. The van der Waals surface area contributed by atoms with E-state index >= 15 is 9.00 Å². The number of aldehydes is 1. The van der Waals surface area contributed by atoms with E-state index in [1.54, 1.807) is 65.8 Å². The summed E-state index contributed by atoms with van der Waals surface area (Å²) >= 11 is 0. The number of carboxylic acid groups (broad SMARTS) is 3. The third kappa shape index (κ3) is 32.8. The Labute approximate surface area is 749 Å². The first-order valence-electron chi connectivity index (χ1n) is 42.3. The number of aromatic nitrogens is 1. The van der Waals surface area contributed by atoms with Crippen LogP contribution in [0.25, 0.3) is 10.9 Å². The number of aromatic amines is 1. The van der Waals surface area contributed by atoms with E-state index in [2.05, 4.69) is 68.8 Å². The lowest BCUT2D eigenvalue weighted by Gasteiger charge is -2.41. The Morgan fingerprint density at radius 2 is 1.30 bits per heavy atom. The molecule has 2 bridgehead atoms. The maximum atomic E-state index is 15.3. The van der Waals surface area contributed by atoms with E-state index < -0.39 is 253 Å². The Hall–Kier alpha value is -11.3. The molecule has 22 N–H and O–H groups in total. The highest BCUT2D eigenvalue weighted by molar-refractivity contribution is 8.77. The van der Waals surface area contributed by atoms with E-state index in [0.717, 1.165) is 16.0 Å². The summed E-state index contributed by atoms with van der Waals surface area (Å²) in [7, 11) is 0.652. The van der Waals surface area contributed by atoms with Crippen LogP contribution in [0, 0.1) is 11.8 Å². The molecule has 0 aliphatic carbocycles. The van der Waals surface area contributed by atoms with Gasteiger partial charge in [-0.3, -0.25) is 76.6 Å². The third-order valence-electron chi connectivity index (χ3n) is 21.9. The van der Waals surface area contributed by atoms with Gasteiger partial charge in [0.1, 0.15) is 59.1 Å². The van der Waals surface area contributed by atoms with Crippen LogP contribution >= 0.6 is 21.6 Å². The fourth-order valence-corrected chi connectivity index (χ4v) is 18.5. The quantitative estimate of drug-likeness (QED) is 0.0137. The van der Waals surface area contributed by atoms with Crippen LogP contribution in [0.5, 0.6) is 5.75 Å². The van der Waals surface area contributed by atoms with Crippen LogP contribution in [-0.4, -0.2) is 280 Å². The van der Waals surface area contributed by atoms with Crippen molar-refractivity contribution in [2.45, 2.75) is 232 Å². The molecule has 3 aliphatic heterocycles. The van der Waals surface area contributed by atoms with Crippen molar-refractivity contribution in [3.05, 3.63) is 95.6 Å². The lowest BCUT2D eigenvalue weighted by atomic mass is 9.92. The number of H-pyrrole nitrogens is 1. The third-order valence-corrected chi connectivity index (χ3v) is 26.7. The molecule has 0 spiro atoms. The number of carboxylic acids is 3. The van der Waals surface area contributed by atoms with Crippen molar-refractivity contribution in [3.8, 4) is 5.75 Å². The molecule has 0 saturated carbocycles. The minimum Gasteiger partial charge on any atom is -0.493 e. The molecule has 128 heavy (non-hydrogen) atoms. The summed E-state index contributed by atoms with van der Waals surface area (Å²) in [5.41, 5.74) is 5.09. The Morgan fingerprint density at radius 3 is 1.92 bits per heavy atom. The van der Waals surface area contributed by atoms with Gasteiger partial charge in [0.25, 0.3) is 0 Å². The predicted octanol–water partition coefficient (Wildman–Crippen LogP) is -1.43. The molecular weight excluding hydrogens is 1730 g/mol. The van der Waals surface area contributed by atoms with E-state index in [1.165, 1.54) is 6.92 Å². The van der Waals surface area contributed by atoms with Crippen LogP contribution in [0.15, 0.2) is 83.9 Å². The lowest BCUT2D eigenvalue weighted by molar-refractivity contribution is -0.147. The number of benzene rings is 3. The second-order valence-corrected chi connectivity index (χ2v) is 37.0. The van der Waals surface area contributed by atoms with Crippen molar-refractivity contribution in [1.82, 2.24) is 79.0 Å². The van der Waals surface area contributed by atoms with Gasteiger partial charge in [-0.05, 0) is 87.1 Å². The number of nitrogens with zero attached hydrogens (tertiary/aromatic N) is 1. The van der Waals surface area contributed by atoms with Crippen molar-refractivity contribution in [2.24, 2.45) is 17.6 Å². The Balaban J connectivity index is 0.989. The van der Waals surface area contributed by atoms with Crippen LogP contribution < -0.4 is 79.6 Å². The fourth-order valence-electron chi connectivity index (χ4n) is 14.5. The van der Waals surface area contributed by atoms with Crippen LogP contribution in [0.1, 0.15) is 148 Å². The highest BCUT2D eigenvalue weighted by Gasteiger charge is 2.53. The van der Waals surface area contributed by atoms with Crippen molar-refractivity contribution in [1.29, 1.82) is 0 Å². The molecule has 0 radical (unpaired) electrons. The van der Waals surface area contributed by atoms with Crippen LogP contribution in [0.2, 0.25) is 0 Å². The zero-order valence-electron chi connectivity index (χ0n) is 71.9. The largest absolute Gasteiger partial charge is 0.493 e. The molecule has 1 aromatic heterocycles. The average Bonchev–Trinajstić information content (AvgIpc) is 1.61. The number of ether oxygens (including phenoxy) is 1. The van der Waals surface area contributed by atoms with Crippen LogP contribution in [-0.2, 0) is 107 Å². The summed E-state index contributed by atoms with van der Waals surface area (Å²) in [6, 6.07) is 7.61. The average molecular weight is 1850 g/mol. The molecular formula is C84H118N16O25S3. The number of carbonyl (C=O) groups excluding carboxylic acids is 14. The van der Waals surface area contributed by atoms with Crippen molar-refractivity contribution < 1.29 is 121 Å². The number of nitrogens with two attached hydrogens (primary N) is 1. The normalized spacial score (nSPS) is 21.4. The van der Waals surface area contributed by atoms with Crippen molar-refractivity contribution in [2.75, 3.05) is 57.4 Å². The summed E-state index contributed by atoms with van der Waals surface area (Å²) in [6.07, 6.45) is -2.24. The molecule has 702 valence electrons. The fraction of sp³-hybridized carbons (Fsp3) is 0.560. The molecule has 1 saturated heterocycles. The summed E-state index contributed by atoms with van der Waals surface area (Å²) < 4.78 is 21.1. The second-order valence-electron chi connectivity index (χ2n) is 32.4. The molecule has 5 unspecified atom stereocenters. The standard InChI is InChI=1S/C84H118N16O25S3/c1-6-47(2)70-76(116)89-41-67(108)91-62-45-128(124)78-54(38-60(73(113)88-42-68(109)98-70)93-77(117)71(48(3)63(104)44-101)99-84(46-102)40-51(103)43-100(84)79(118)61(39-64(85)105)94-75(62)115)53-25-24-52(37-57(53)95-78)125-33-18-34-126-127-83(4,5)30-32-87-72(112)58(35-49-19-12-10-13-20-49)92-74(114)59(36-50-21-14-11-15-22-50)90-66(107)23-16-8-7-9-17-31-86-65(106)28-26-55(80(119)120)96-82(123)97-56(81(121)122)27-29-69(110)111/h10-15,19-22,24-25,37,46-48,51,55-56,58-63,70-71,95,99,101,103-104H,6-9,16-18,23,26-36,38-45H2,1-5H3,(H2,85,105)(H,86,106)(H,87,112)(H,88,113)(H,89,116)(H,90,107)(H,91,108)(H,92,114)(H,93,117)(H,94,115)(H,98,109)(H,110,111)(H,119,120)(H,121,122)(H2,96,97,123)/t47-,48-,51+,55?,56?,58-,59-,60?,61-,62?,63-,70-,71-,84-,128?/m0/s1. The van der Waals surface area contributed by atoms with E-state index in [1.807, 2.05) is 67.7 Å². The number of rotatable bonds is 44. The minimum absolute atomic E-state index is 0.0794. The molecule has 15 atom stereocenters. The maximum absolute atomic E-state index is 15.3. The number of hydrogen-bond donors (Lipinski definition) is 21. The maximum Gasteiger partial charge on any atom is 0.326 e. The molecule has 1 fully saturated rings. The van der Waals surface area contributed by atoms with Gasteiger partial charge in [0.05, 0.1) is 73.0 Å². The van der Waals surface area contributed by atoms with Gasteiger partial charge in [-0.25, -0.2) is 14.4 Å². The second kappa shape index (κ2) is 51.0. The number of hydrogen-bond acceptors (Lipinski definition) is 25. The SMILES string of the molecule is CC[C@H](C)[C@@H]1NC(=O)CNC(=O)C2Cc3c([nH]c4cc(OCCCSSC(C)(C)CCNC(=O)[C@H](Cc5ccccc5)NC(=O)[C@H](Cc5ccccc5)NC(=O)CCCCCCCNC(=O)CCC(NC(=O)NC(CCC(=O)O)C(=O)O)C(=O)O)ccc34)S(=O)CC(NC(=O)CNC1=O)C(=O)N[C@@H](CC(N)=O)C(=O)N1C[C@H](O)C[C@]1(C=O)N[C@@H]([C@@H](C)[C@@H](O)CO)C(=O)N2. The molecule has 7 rings (SSSR count). The molecule has 4 aromatic rings. The van der Waals surface area contributed by atoms with Gasteiger partial charge in [-0.15, -0.1) is 0 Å². The Bertz CT molecular complexity index is 4590. The predicted molar refractivity (Wildman–Crippen MR) is 468 cm³/mol. The lowest BCUT2D eigenvalue weighted by Crippen LogP contribution is -2.69. The number of amides is 14. The number of aliphatic carboxylic acids is 3. The number of aliphatic hydroxyl groups is 3. The summed E-state index contributed by atoms with van der Waals surface area (Å²) in [5, 5.41) is 93.8. The van der Waals surface area contributed by atoms with Gasteiger partial charge in [0.2, 0.25) is 70.9 Å². The van der Waals surface area contributed by atoms with E-state index in [9.17, 15) is 102 Å². The smallest absolute Gasteiger partial charge is 0.326 e. The molecule has 3 aromatic carbocycles. The number of primary amides is 1. The van der Waals surface area contributed by atoms with E-state index in [-0.39, 0.29) is 85.5 Å². The molecule has 44 heteroatoms. The first-order chi connectivity index (χ1) is 60.8. The van der Waals surface area contributed by atoms with Gasteiger partial charge in [-0.2, -0.15) is 0 Å². The van der Waals surface area contributed by atoms with Gasteiger partial charge in [0, 0.05) is 92.5 Å². The molecule has 3 aliphatic rings.